The second-order valence-electron chi connectivity index (χ2n) is 9.51. The molecule has 0 bridgehead atoms. The third kappa shape index (κ3) is 4.47. The average Bonchev–Trinajstić information content (AvgIpc) is 2.97. The number of hydrogen-bond donors (Lipinski definition) is 0. The molecule has 2 saturated heterocycles. The first-order chi connectivity index (χ1) is 14.9. The van der Waals surface area contributed by atoms with Gasteiger partial charge in [-0.1, -0.05) is 43.2 Å². The predicted molar refractivity (Wildman–Crippen MR) is 129 cm³/mol. The van der Waals surface area contributed by atoms with Gasteiger partial charge in [0, 0.05) is 42.5 Å². The molecule has 4 atom stereocenters. The molecule has 164 valence electrons. The lowest BCUT2D eigenvalue weighted by Gasteiger charge is -2.39. The van der Waals surface area contributed by atoms with Crippen LogP contribution in [0.4, 0.5) is 5.69 Å². The number of rotatable bonds is 7. The van der Waals surface area contributed by atoms with E-state index in [0.29, 0.717) is 0 Å². The fourth-order valence-electron chi connectivity index (χ4n) is 6.25. The van der Waals surface area contributed by atoms with Gasteiger partial charge in [0.15, 0.2) is 0 Å². The largest absolute Gasteiger partial charge is 0.379 e. The maximum Gasteiger partial charge on any atom is 0.0594 e. The fraction of sp³-hybridized carbons (Fsp3) is 0.692. The van der Waals surface area contributed by atoms with Crippen molar-refractivity contribution in [2.45, 2.75) is 62.2 Å². The first kappa shape index (κ1) is 20.9. The van der Waals surface area contributed by atoms with E-state index in [1.54, 1.807) is 11.3 Å². The van der Waals surface area contributed by atoms with Crippen LogP contribution in [0.3, 0.4) is 0 Å². The Hall–Kier alpha value is -0.970. The molecular formula is C26H38N2OS. The molecule has 0 amide bonds. The molecule has 3 heterocycles. The smallest absolute Gasteiger partial charge is 0.0594 e. The van der Waals surface area contributed by atoms with Crippen molar-refractivity contribution in [3.63, 3.8) is 0 Å². The van der Waals surface area contributed by atoms with Crippen molar-refractivity contribution in [3.05, 3.63) is 42.0 Å². The number of unbranched alkanes of at least 4 members (excludes halogenated alkanes) is 3. The van der Waals surface area contributed by atoms with E-state index in [0.717, 1.165) is 49.4 Å². The van der Waals surface area contributed by atoms with Gasteiger partial charge in [0.2, 0.25) is 0 Å². The molecule has 5 rings (SSSR count). The maximum absolute atomic E-state index is 5.47. The van der Waals surface area contributed by atoms with Crippen LogP contribution >= 0.6 is 11.8 Å². The number of morpholine rings is 1. The molecule has 3 aliphatic heterocycles. The molecule has 0 spiro atoms. The van der Waals surface area contributed by atoms with Gasteiger partial charge in [-0.05, 0) is 61.9 Å². The summed E-state index contributed by atoms with van der Waals surface area (Å²) in [6, 6.07) is 10.1. The normalized spacial score (nSPS) is 31.1. The van der Waals surface area contributed by atoms with Crippen molar-refractivity contribution in [2.75, 3.05) is 50.0 Å². The van der Waals surface area contributed by atoms with Gasteiger partial charge in [-0.25, -0.2) is 0 Å². The van der Waals surface area contributed by atoms with Gasteiger partial charge in [-0.3, -0.25) is 4.90 Å². The van der Waals surface area contributed by atoms with E-state index in [2.05, 4.69) is 58.0 Å². The van der Waals surface area contributed by atoms with Gasteiger partial charge in [0.25, 0.3) is 0 Å². The van der Waals surface area contributed by atoms with Gasteiger partial charge < -0.3 is 9.64 Å². The van der Waals surface area contributed by atoms with E-state index in [1.165, 1.54) is 63.8 Å². The molecular weight excluding hydrogens is 388 g/mol. The van der Waals surface area contributed by atoms with Gasteiger partial charge in [-0.15, -0.1) is 0 Å². The van der Waals surface area contributed by atoms with Crippen molar-refractivity contribution in [3.8, 4) is 0 Å². The summed E-state index contributed by atoms with van der Waals surface area (Å²) in [5.74, 6) is 2.88. The summed E-state index contributed by atoms with van der Waals surface area (Å²) in [6.07, 6.45) is 14.4. The molecule has 0 N–H and O–H groups in total. The molecule has 4 aliphatic rings. The molecule has 0 saturated carbocycles. The molecule has 2 fully saturated rings. The van der Waals surface area contributed by atoms with Crippen LogP contribution in [0.5, 0.6) is 0 Å². The average molecular weight is 427 g/mol. The molecule has 30 heavy (non-hydrogen) atoms. The Morgan fingerprint density at radius 1 is 0.967 bits per heavy atom. The summed E-state index contributed by atoms with van der Waals surface area (Å²) in [6.45, 7) is 6.60. The highest BCUT2D eigenvalue weighted by atomic mass is 32.2. The highest BCUT2D eigenvalue weighted by molar-refractivity contribution is 8.00. The van der Waals surface area contributed by atoms with Crippen LogP contribution in [0.2, 0.25) is 0 Å². The Kier molecular flexibility index (Phi) is 7.04. The zero-order valence-electron chi connectivity index (χ0n) is 18.4. The number of benzene rings is 1. The first-order valence-corrected chi connectivity index (χ1v) is 13.4. The second kappa shape index (κ2) is 10.1. The number of anilines is 1. The summed E-state index contributed by atoms with van der Waals surface area (Å²) in [7, 11) is 0. The Labute approximate surface area is 187 Å². The third-order valence-electron chi connectivity index (χ3n) is 7.74. The van der Waals surface area contributed by atoms with Crippen LogP contribution < -0.4 is 4.90 Å². The van der Waals surface area contributed by atoms with E-state index in [9.17, 15) is 0 Å². The maximum atomic E-state index is 5.47. The zero-order valence-corrected chi connectivity index (χ0v) is 19.2. The van der Waals surface area contributed by atoms with Crippen LogP contribution in [0.15, 0.2) is 36.4 Å². The summed E-state index contributed by atoms with van der Waals surface area (Å²) in [4.78, 5) is 5.43. The second-order valence-corrected chi connectivity index (χ2v) is 10.8. The van der Waals surface area contributed by atoms with E-state index >= 15 is 0 Å². The number of para-hydroxylation sites is 1. The standard InChI is InChI=1S/C26H38N2OS/c1(7-14-27-16-18-29-19-17-27)2-8-15-28-24-11-5-3-9-21(24)22-13-20-30-25-12-6-4-10-23(25)26(22)28/h3,5-6,9,11-12,22-23,25-26H,1-2,4,7-8,10,13-20H2. The summed E-state index contributed by atoms with van der Waals surface area (Å²) in [5.41, 5.74) is 3.20. The van der Waals surface area contributed by atoms with Gasteiger partial charge in [-0.2, -0.15) is 11.8 Å². The highest BCUT2D eigenvalue weighted by Gasteiger charge is 2.46. The van der Waals surface area contributed by atoms with Gasteiger partial charge in [0.1, 0.15) is 0 Å². The summed E-state index contributed by atoms with van der Waals surface area (Å²) in [5, 5.41) is 0.735. The van der Waals surface area contributed by atoms with Crippen LogP contribution in [-0.2, 0) is 4.74 Å². The number of thioether (sulfide) groups is 1. The van der Waals surface area contributed by atoms with E-state index in [1.807, 2.05) is 0 Å². The minimum Gasteiger partial charge on any atom is -0.379 e. The molecule has 1 aromatic carbocycles. The van der Waals surface area contributed by atoms with Crippen LogP contribution in [0, 0.1) is 5.92 Å². The highest BCUT2D eigenvalue weighted by Crippen LogP contribution is 2.51. The minimum atomic E-state index is 0.723. The first-order valence-electron chi connectivity index (χ1n) is 12.4. The van der Waals surface area contributed by atoms with Crippen LogP contribution in [0.25, 0.3) is 0 Å². The lowest BCUT2D eigenvalue weighted by molar-refractivity contribution is 0.0371. The quantitative estimate of drug-likeness (QED) is 0.433. The van der Waals surface area contributed by atoms with Crippen molar-refractivity contribution >= 4 is 17.4 Å². The molecule has 3 nitrogen and oxygen atoms in total. The fourth-order valence-corrected chi connectivity index (χ4v) is 7.68. The number of ether oxygens (including phenoxy) is 1. The van der Waals surface area contributed by atoms with Crippen molar-refractivity contribution in [1.82, 2.24) is 4.90 Å². The Morgan fingerprint density at radius 2 is 1.80 bits per heavy atom. The molecule has 0 radical (unpaired) electrons. The lowest BCUT2D eigenvalue weighted by Crippen LogP contribution is -2.44. The van der Waals surface area contributed by atoms with Crippen molar-refractivity contribution in [2.24, 2.45) is 5.92 Å². The third-order valence-corrected chi connectivity index (χ3v) is 9.10. The van der Waals surface area contributed by atoms with E-state index in [4.69, 9.17) is 4.74 Å². The number of allylic oxidation sites excluding steroid dienone is 1. The Morgan fingerprint density at radius 3 is 2.70 bits per heavy atom. The molecule has 4 heteroatoms. The van der Waals surface area contributed by atoms with Crippen molar-refractivity contribution < 1.29 is 4.74 Å². The number of hydrogen-bond acceptors (Lipinski definition) is 4. The topological polar surface area (TPSA) is 15.7 Å². The summed E-state index contributed by atoms with van der Waals surface area (Å²) >= 11 is 2.22. The Balaban J connectivity index is 1.20. The van der Waals surface area contributed by atoms with Crippen LogP contribution in [0.1, 0.15) is 56.4 Å². The van der Waals surface area contributed by atoms with E-state index in [-0.39, 0.29) is 0 Å². The minimum absolute atomic E-state index is 0.723. The Bertz CT molecular complexity index is 717. The van der Waals surface area contributed by atoms with E-state index < -0.39 is 0 Å². The predicted octanol–water partition coefficient (Wildman–Crippen LogP) is 5.32. The molecule has 4 unspecified atom stereocenters. The lowest BCUT2D eigenvalue weighted by atomic mass is 9.79. The monoisotopic (exact) mass is 426 g/mol. The van der Waals surface area contributed by atoms with Gasteiger partial charge >= 0.3 is 0 Å². The van der Waals surface area contributed by atoms with Crippen LogP contribution in [-0.4, -0.2) is 61.3 Å². The molecule has 1 aromatic rings. The summed E-state index contributed by atoms with van der Waals surface area (Å²) < 4.78 is 5.47. The van der Waals surface area contributed by atoms with Crippen molar-refractivity contribution in [1.29, 1.82) is 0 Å². The SMILES string of the molecule is C1=CC2SCCC3c4ccccc4N(CCCCCCN4CCOCC4)C3C2CC1. The van der Waals surface area contributed by atoms with Gasteiger partial charge in [0.05, 0.1) is 13.2 Å². The molecule has 1 aliphatic carbocycles. The molecule has 0 aromatic heterocycles. The number of nitrogens with zero attached hydrogens (tertiary/aromatic N) is 2. The number of fused-ring (bicyclic) bond motifs is 5. The zero-order chi connectivity index (χ0) is 20.2.